The molecule has 2 fully saturated rings. The molecule has 2 bridgehead atoms. The third-order valence-corrected chi connectivity index (χ3v) is 6.79. The van der Waals surface area contributed by atoms with Gasteiger partial charge in [0.25, 0.3) is 11.5 Å². The SMILES string of the molecule is O=C(C[C@@H]1NC(=O)N(CCc2ccccc2)C1=O)N1CC2CC(C1)c1cccc(=O)n1C2. The quantitative estimate of drug-likeness (QED) is 0.719. The lowest BCUT2D eigenvalue weighted by atomic mass is 9.83. The standard InChI is InChI=1S/C24H26N4O4/c29-21-8-4-7-20-18-11-17(14-28(20)21)13-26(15-18)22(30)12-19-23(31)27(24(32)25-19)10-9-16-5-2-1-3-6-16/h1-8,17-19H,9-15H2,(H,25,32)/t17?,18?,19-/m0/s1. The fourth-order valence-corrected chi connectivity index (χ4v) is 5.22. The molecule has 3 aliphatic rings. The van der Waals surface area contributed by atoms with Crippen LogP contribution >= 0.6 is 0 Å². The Balaban J connectivity index is 1.21. The summed E-state index contributed by atoms with van der Waals surface area (Å²) in [6, 6.07) is 13.7. The molecule has 1 aromatic heterocycles. The van der Waals surface area contributed by atoms with Crippen molar-refractivity contribution in [2.45, 2.75) is 37.8 Å². The smallest absolute Gasteiger partial charge is 0.324 e. The van der Waals surface area contributed by atoms with Crippen LogP contribution in [0.15, 0.2) is 53.3 Å². The number of carbonyl (C=O) groups is 3. The minimum absolute atomic E-state index is 0.00633. The monoisotopic (exact) mass is 434 g/mol. The van der Waals surface area contributed by atoms with Gasteiger partial charge in [-0.05, 0) is 30.4 Å². The highest BCUT2D eigenvalue weighted by Crippen LogP contribution is 2.35. The van der Waals surface area contributed by atoms with E-state index in [1.54, 1.807) is 17.0 Å². The first-order valence-electron chi connectivity index (χ1n) is 11.1. The Bertz CT molecular complexity index is 1110. The zero-order chi connectivity index (χ0) is 22.2. The fourth-order valence-electron chi connectivity index (χ4n) is 5.22. The van der Waals surface area contributed by atoms with E-state index in [0.29, 0.717) is 32.6 Å². The van der Waals surface area contributed by atoms with Gasteiger partial charge in [0.05, 0.1) is 6.42 Å². The number of carbonyl (C=O) groups excluding carboxylic acids is 3. The van der Waals surface area contributed by atoms with Crippen LogP contribution in [0.25, 0.3) is 0 Å². The van der Waals surface area contributed by atoms with Crippen molar-refractivity contribution in [3.8, 4) is 0 Å². The molecule has 4 heterocycles. The molecular formula is C24H26N4O4. The Morgan fingerprint density at radius 3 is 2.59 bits per heavy atom. The van der Waals surface area contributed by atoms with E-state index in [9.17, 15) is 19.2 Å². The van der Waals surface area contributed by atoms with E-state index in [2.05, 4.69) is 5.32 Å². The van der Waals surface area contributed by atoms with Crippen molar-refractivity contribution in [1.82, 2.24) is 19.7 Å². The first kappa shape index (κ1) is 20.5. The second kappa shape index (κ2) is 8.26. The van der Waals surface area contributed by atoms with Crippen LogP contribution in [0.3, 0.4) is 0 Å². The number of imide groups is 1. The van der Waals surface area contributed by atoms with E-state index in [4.69, 9.17) is 0 Å². The third-order valence-electron chi connectivity index (χ3n) is 6.79. The first-order valence-corrected chi connectivity index (χ1v) is 11.1. The Kier molecular flexibility index (Phi) is 5.28. The van der Waals surface area contributed by atoms with E-state index >= 15 is 0 Å². The number of hydrogen-bond acceptors (Lipinski definition) is 4. The first-order chi connectivity index (χ1) is 15.5. The van der Waals surface area contributed by atoms with E-state index < -0.39 is 12.1 Å². The molecule has 8 heteroatoms. The van der Waals surface area contributed by atoms with E-state index in [0.717, 1.165) is 17.7 Å². The largest absolute Gasteiger partial charge is 0.342 e. The summed E-state index contributed by atoms with van der Waals surface area (Å²) in [5.41, 5.74) is 2.03. The Morgan fingerprint density at radius 1 is 0.969 bits per heavy atom. The van der Waals surface area contributed by atoms with Gasteiger partial charge in [0.1, 0.15) is 6.04 Å². The Hall–Kier alpha value is -3.42. The number of nitrogens with zero attached hydrogens (tertiary/aromatic N) is 3. The van der Waals surface area contributed by atoms with Crippen LogP contribution in [0.5, 0.6) is 0 Å². The second-order valence-electron chi connectivity index (χ2n) is 8.93. The number of benzene rings is 1. The molecule has 0 spiro atoms. The number of pyridine rings is 1. The lowest BCUT2D eigenvalue weighted by molar-refractivity contribution is -0.137. The van der Waals surface area contributed by atoms with Gasteiger partial charge < -0.3 is 14.8 Å². The van der Waals surface area contributed by atoms with Gasteiger partial charge in [0.2, 0.25) is 5.91 Å². The maximum absolute atomic E-state index is 13.0. The number of fused-ring (bicyclic) bond motifs is 4. The van der Waals surface area contributed by atoms with Gasteiger partial charge in [0, 0.05) is 43.9 Å². The molecule has 8 nitrogen and oxygen atoms in total. The minimum Gasteiger partial charge on any atom is -0.342 e. The van der Waals surface area contributed by atoms with Crippen LogP contribution in [-0.4, -0.2) is 57.9 Å². The molecule has 1 N–H and O–H groups in total. The fraction of sp³-hybridized carbons (Fsp3) is 0.417. The summed E-state index contributed by atoms with van der Waals surface area (Å²) in [5.74, 6) is -0.124. The summed E-state index contributed by atoms with van der Waals surface area (Å²) in [6.07, 6.45) is 1.50. The van der Waals surface area contributed by atoms with E-state index in [1.807, 2.05) is 41.0 Å². The van der Waals surface area contributed by atoms with E-state index in [-0.39, 0.29) is 35.6 Å². The number of urea groups is 1. The zero-order valence-corrected chi connectivity index (χ0v) is 17.8. The van der Waals surface area contributed by atoms with E-state index in [1.165, 1.54) is 4.90 Å². The summed E-state index contributed by atoms with van der Waals surface area (Å²) >= 11 is 0. The molecule has 2 saturated heterocycles. The number of piperidine rings is 1. The van der Waals surface area contributed by atoms with Crippen molar-refractivity contribution in [2.24, 2.45) is 5.92 Å². The molecule has 4 amide bonds. The zero-order valence-electron chi connectivity index (χ0n) is 17.8. The molecule has 0 aliphatic carbocycles. The third kappa shape index (κ3) is 3.81. The summed E-state index contributed by atoms with van der Waals surface area (Å²) in [6.45, 7) is 2.01. The lowest BCUT2D eigenvalue weighted by Gasteiger charge is -2.43. The molecule has 5 rings (SSSR count). The molecule has 2 unspecified atom stereocenters. The maximum atomic E-state index is 13.0. The molecule has 0 radical (unpaired) electrons. The van der Waals surface area contributed by atoms with Crippen LogP contribution in [0.4, 0.5) is 4.79 Å². The molecule has 1 aromatic carbocycles. The molecule has 166 valence electrons. The van der Waals surface area contributed by atoms with Crippen LogP contribution < -0.4 is 10.9 Å². The number of likely N-dealkylation sites (tertiary alicyclic amines) is 1. The summed E-state index contributed by atoms with van der Waals surface area (Å²) in [7, 11) is 0. The van der Waals surface area contributed by atoms with Crippen LogP contribution in [0, 0.1) is 5.92 Å². The number of hydrogen-bond donors (Lipinski definition) is 1. The predicted molar refractivity (Wildman–Crippen MR) is 117 cm³/mol. The number of nitrogens with one attached hydrogen (secondary N) is 1. The molecule has 32 heavy (non-hydrogen) atoms. The van der Waals surface area contributed by atoms with Crippen LogP contribution in [0.2, 0.25) is 0 Å². The van der Waals surface area contributed by atoms with Gasteiger partial charge in [-0.1, -0.05) is 36.4 Å². The Labute approximate surface area is 185 Å². The Morgan fingerprint density at radius 2 is 1.78 bits per heavy atom. The molecule has 2 aromatic rings. The van der Waals surface area contributed by atoms with Crippen molar-refractivity contribution in [3.63, 3.8) is 0 Å². The highest BCUT2D eigenvalue weighted by molar-refractivity contribution is 6.05. The topological polar surface area (TPSA) is 91.7 Å². The van der Waals surface area contributed by atoms with Crippen molar-refractivity contribution in [2.75, 3.05) is 19.6 Å². The molecule has 3 aliphatic heterocycles. The molecule has 0 saturated carbocycles. The van der Waals surface area contributed by atoms with Crippen molar-refractivity contribution >= 4 is 17.8 Å². The predicted octanol–water partition coefficient (Wildman–Crippen LogP) is 1.35. The number of rotatable bonds is 5. The van der Waals surface area contributed by atoms with Gasteiger partial charge in [-0.3, -0.25) is 19.3 Å². The van der Waals surface area contributed by atoms with Crippen molar-refractivity contribution in [1.29, 1.82) is 0 Å². The number of aromatic nitrogens is 1. The summed E-state index contributed by atoms with van der Waals surface area (Å²) in [5, 5.41) is 2.68. The average molecular weight is 434 g/mol. The summed E-state index contributed by atoms with van der Waals surface area (Å²) in [4.78, 5) is 53.4. The maximum Gasteiger partial charge on any atom is 0.324 e. The van der Waals surface area contributed by atoms with Crippen LogP contribution in [-0.2, 0) is 22.6 Å². The normalized spacial score (nSPS) is 24.3. The average Bonchev–Trinajstić information content (AvgIpc) is 3.06. The highest BCUT2D eigenvalue weighted by atomic mass is 16.2. The number of amides is 4. The van der Waals surface area contributed by atoms with Gasteiger partial charge in [-0.2, -0.15) is 0 Å². The van der Waals surface area contributed by atoms with Gasteiger partial charge in [-0.25, -0.2) is 4.79 Å². The molecule has 3 atom stereocenters. The van der Waals surface area contributed by atoms with Crippen molar-refractivity contribution in [3.05, 3.63) is 70.1 Å². The molecular weight excluding hydrogens is 408 g/mol. The van der Waals surface area contributed by atoms with Crippen molar-refractivity contribution < 1.29 is 14.4 Å². The van der Waals surface area contributed by atoms with Gasteiger partial charge in [-0.15, -0.1) is 0 Å². The second-order valence-corrected chi connectivity index (χ2v) is 8.93. The highest BCUT2D eigenvalue weighted by Gasteiger charge is 2.41. The van der Waals surface area contributed by atoms with Gasteiger partial charge in [0.15, 0.2) is 0 Å². The minimum atomic E-state index is -0.817. The van der Waals surface area contributed by atoms with Crippen LogP contribution in [0.1, 0.15) is 30.0 Å². The summed E-state index contributed by atoms with van der Waals surface area (Å²) < 4.78 is 1.83. The van der Waals surface area contributed by atoms with Gasteiger partial charge >= 0.3 is 6.03 Å². The lowest BCUT2D eigenvalue weighted by Crippen LogP contribution is -2.50.